The summed E-state index contributed by atoms with van der Waals surface area (Å²) >= 11 is 0. The van der Waals surface area contributed by atoms with Crippen molar-refractivity contribution < 1.29 is 4.42 Å². The van der Waals surface area contributed by atoms with Gasteiger partial charge in [-0.25, -0.2) is 9.97 Å². The number of furan rings is 1. The van der Waals surface area contributed by atoms with Crippen molar-refractivity contribution in [2.24, 2.45) is 0 Å². The summed E-state index contributed by atoms with van der Waals surface area (Å²) in [6.07, 6.45) is 3.69. The fourth-order valence-corrected chi connectivity index (χ4v) is 6.59. The van der Waals surface area contributed by atoms with Crippen LogP contribution in [0.5, 0.6) is 0 Å². The Morgan fingerprint density at radius 2 is 1.00 bits per heavy atom. The summed E-state index contributed by atoms with van der Waals surface area (Å²) in [6, 6.07) is 55.7. The third-order valence-corrected chi connectivity index (χ3v) is 9.21. The molecule has 0 aliphatic heterocycles. The average molecular weight is 653 g/mol. The molecular formula is C46H28N4O. The predicted octanol–water partition coefficient (Wildman–Crippen LogP) is 11.6. The van der Waals surface area contributed by atoms with Crippen LogP contribution in [0.25, 0.3) is 89.2 Å². The van der Waals surface area contributed by atoms with Crippen LogP contribution in [0.3, 0.4) is 0 Å². The van der Waals surface area contributed by atoms with Gasteiger partial charge in [0.25, 0.3) is 0 Å². The highest BCUT2D eigenvalue weighted by atomic mass is 16.3. The highest BCUT2D eigenvalue weighted by Crippen LogP contribution is 2.36. The fourth-order valence-electron chi connectivity index (χ4n) is 6.59. The first kappa shape index (κ1) is 29.9. The van der Waals surface area contributed by atoms with Crippen molar-refractivity contribution in [3.63, 3.8) is 0 Å². The lowest BCUT2D eigenvalue weighted by molar-refractivity contribution is 0.669. The Bertz CT molecular complexity index is 2670. The molecule has 9 rings (SSSR count). The van der Waals surface area contributed by atoms with E-state index in [1.165, 1.54) is 0 Å². The van der Waals surface area contributed by atoms with E-state index in [-0.39, 0.29) is 0 Å². The Kier molecular flexibility index (Phi) is 7.46. The van der Waals surface area contributed by atoms with Crippen LogP contribution in [-0.4, -0.2) is 15.0 Å². The number of hydrogen-bond donors (Lipinski definition) is 0. The minimum Gasteiger partial charge on any atom is -0.456 e. The molecule has 0 bridgehead atoms. The Balaban J connectivity index is 1.14. The van der Waals surface area contributed by atoms with Crippen LogP contribution in [0.2, 0.25) is 0 Å². The number of benzene rings is 6. The molecule has 5 heteroatoms. The number of nitriles is 1. The zero-order valence-electron chi connectivity index (χ0n) is 27.4. The maximum atomic E-state index is 9.32. The second-order valence-corrected chi connectivity index (χ2v) is 12.4. The predicted molar refractivity (Wildman–Crippen MR) is 204 cm³/mol. The van der Waals surface area contributed by atoms with E-state index in [0.717, 1.165) is 83.4 Å². The smallest absolute Gasteiger partial charge is 0.160 e. The quantitative estimate of drug-likeness (QED) is 0.179. The number of fused-ring (bicyclic) bond motifs is 3. The van der Waals surface area contributed by atoms with Crippen LogP contribution in [0, 0.1) is 11.3 Å². The second-order valence-electron chi connectivity index (χ2n) is 12.4. The van der Waals surface area contributed by atoms with Crippen LogP contribution in [0.15, 0.2) is 175 Å². The number of aromatic nitrogens is 3. The zero-order chi connectivity index (χ0) is 34.1. The molecule has 6 aromatic carbocycles. The maximum Gasteiger partial charge on any atom is 0.160 e. The molecule has 0 amide bonds. The van der Waals surface area contributed by atoms with Gasteiger partial charge < -0.3 is 4.42 Å². The van der Waals surface area contributed by atoms with Gasteiger partial charge in [-0.15, -0.1) is 0 Å². The van der Waals surface area contributed by atoms with E-state index in [2.05, 4.69) is 96.0 Å². The molecule has 0 aliphatic rings. The second kappa shape index (κ2) is 12.7. The van der Waals surface area contributed by atoms with Gasteiger partial charge in [0.1, 0.15) is 11.2 Å². The molecule has 0 atom stereocenters. The Morgan fingerprint density at radius 1 is 0.431 bits per heavy atom. The number of nitrogens with zero attached hydrogens (tertiary/aromatic N) is 4. The molecule has 0 saturated heterocycles. The molecule has 0 aliphatic carbocycles. The van der Waals surface area contributed by atoms with Gasteiger partial charge in [0.15, 0.2) is 5.82 Å². The molecule has 51 heavy (non-hydrogen) atoms. The Labute approximate surface area is 294 Å². The van der Waals surface area contributed by atoms with Gasteiger partial charge >= 0.3 is 0 Å². The minimum absolute atomic E-state index is 0.584. The zero-order valence-corrected chi connectivity index (χ0v) is 27.4. The van der Waals surface area contributed by atoms with Gasteiger partial charge in [0.2, 0.25) is 0 Å². The third-order valence-electron chi connectivity index (χ3n) is 9.21. The van der Waals surface area contributed by atoms with Gasteiger partial charge in [-0.3, -0.25) is 4.98 Å². The summed E-state index contributed by atoms with van der Waals surface area (Å²) in [6.45, 7) is 0. The van der Waals surface area contributed by atoms with Crippen molar-refractivity contribution in [2.75, 3.05) is 0 Å². The lowest BCUT2D eigenvalue weighted by Gasteiger charge is -2.13. The van der Waals surface area contributed by atoms with Gasteiger partial charge in [-0.2, -0.15) is 5.26 Å². The van der Waals surface area contributed by atoms with Crippen LogP contribution in [-0.2, 0) is 0 Å². The molecule has 0 unspecified atom stereocenters. The van der Waals surface area contributed by atoms with Crippen LogP contribution in [0.4, 0.5) is 0 Å². The highest BCUT2D eigenvalue weighted by molar-refractivity contribution is 6.06. The summed E-state index contributed by atoms with van der Waals surface area (Å²) in [5, 5.41) is 11.4. The molecule has 0 radical (unpaired) electrons. The molecule has 0 N–H and O–H groups in total. The monoisotopic (exact) mass is 652 g/mol. The molecule has 0 spiro atoms. The standard InChI is InChI=1S/C46H28N4O/c47-28-30-13-19-40-41-20-18-35(26-45(41)51-44(40)22-30)31-14-16-32(17-15-31)37-23-38(36-12-7-21-48-29-36)25-39(24-37)43-27-42(33-8-3-1-4-9-33)49-46(50-43)34-10-5-2-6-11-34/h1-27,29H. The number of rotatable bonds is 6. The largest absolute Gasteiger partial charge is 0.456 e. The normalized spacial score (nSPS) is 11.1. The molecule has 238 valence electrons. The summed E-state index contributed by atoms with van der Waals surface area (Å²) in [7, 11) is 0. The molecule has 0 fully saturated rings. The molecule has 5 nitrogen and oxygen atoms in total. The number of pyridine rings is 1. The van der Waals surface area contributed by atoms with Gasteiger partial charge in [-0.05, 0) is 88.5 Å². The van der Waals surface area contributed by atoms with Gasteiger partial charge in [-0.1, -0.05) is 97.1 Å². The van der Waals surface area contributed by atoms with E-state index in [1.807, 2.05) is 72.9 Å². The van der Waals surface area contributed by atoms with Crippen molar-refractivity contribution in [2.45, 2.75) is 0 Å². The van der Waals surface area contributed by atoms with Crippen molar-refractivity contribution in [3.05, 3.63) is 176 Å². The minimum atomic E-state index is 0.584. The van der Waals surface area contributed by atoms with Crippen molar-refractivity contribution in [3.8, 4) is 73.4 Å². The van der Waals surface area contributed by atoms with Crippen LogP contribution in [0.1, 0.15) is 5.56 Å². The van der Waals surface area contributed by atoms with E-state index in [0.29, 0.717) is 11.4 Å². The van der Waals surface area contributed by atoms with E-state index < -0.39 is 0 Å². The SMILES string of the molecule is N#Cc1ccc2c(c1)oc1cc(-c3ccc(-c4cc(-c5cccnc5)cc(-c5cc(-c6ccccc6)nc(-c6ccccc6)n5)c4)cc3)ccc12. The van der Waals surface area contributed by atoms with Crippen molar-refractivity contribution in [1.29, 1.82) is 5.26 Å². The first-order chi connectivity index (χ1) is 25.2. The third kappa shape index (κ3) is 5.82. The van der Waals surface area contributed by atoms with E-state index in [4.69, 9.17) is 14.4 Å². The summed E-state index contributed by atoms with van der Waals surface area (Å²) in [5.41, 5.74) is 13.2. The van der Waals surface area contributed by atoms with Gasteiger partial charge in [0.05, 0.1) is 23.0 Å². The first-order valence-electron chi connectivity index (χ1n) is 16.7. The lowest BCUT2D eigenvalue weighted by Crippen LogP contribution is -1.96. The van der Waals surface area contributed by atoms with Crippen LogP contribution < -0.4 is 0 Å². The molecule has 0 saturated carbocycles. The van der Waals surface area contributed by atoms with Gasteiger partial charge in [0, 0.05) is 45.4 Å². The fraction of sp³-hybridized carbons (Fsp3) is 0. The molecule has 3 aromatic heterocycles. The van der Waals surface area contributed by atoms with E-state index >= 15 is 0 Å². The highest BCUT2D eigenvalue weighted by Gasteiger charge is 2.14. The van der Waals surface area contributed by atoms with Crippen molar-refractivity contribution in [1.82, 2.24) is 15.0 Å². The number of hydrogen-bond acceptors (Lipinski definition) is 5. The van der Waals surface area contributed by atoms with E-state index in [1.54, 1.807) is 12.3 Å². The molecule has 3 heterocycles. The lowest BCUT2D eigenvalue weighted by atomic mass is 9.94. The van der Waals surface area contributed by atoms with Crippen molar-refractivity contribution >= 4 is 21.9 Å². The summed E-state index contributed by atoms with van der Waals surface area (Å²) < 4.78 is 6.17. The maximum absolute atomic E-state index is 9.32. The Morgan fingerprint density at radius 3 is 1.69 bits per heavy atom. The topological polar surface area (TPSA) is 75.6 Å². The summed E-state index contributed by atoms with van der Waals surface area (Å²) in [4.78, 5) is 14.5. The first-order valence-corrected chi connectivity index (χ1v) is 16.7. The summed E-state index contributed by atoms with van der Waals surface area (Å²) in [5.74, 6) is 0.677. The van der Waals surface area contributed by atoms with Crippen LogP contribution >= 0.6 is 0 Å². The molecular weight excluding hydrogens is 625 g/mol. The molecule has 9 aromatic rings. The Hall–Kier alpha value is -7.16. The van der Waals surface area contributed by atoms with E-state index in [9.17, 15) is 5.26 Å². The average Bonchev–Trinajstić information content (AvgIpc) is 3.58.